The highest BCUT2D eigenvalue weighted by molar-refractivity contribution is 5.99. The third-order valence-electron chi connectivity index (χ3n) is 6.46. The Balaban J connectivity index is 1.36. The van der Waals surface area contributed by atoms with E-state index < -0.39 is 11.6 Å². The standard InChI is InChI=1S/C28H25N9O3/c1-28(2)22-18(25(39)36-28)10-11-21(32-22)33-27-30-14-19(26-34-23(37-40-26)17-9-6-12-29-13-17)24(35-27)31-20(15-38)16-7-4-3-5-8-16/h3-14,20,38H,15H2,1-2H3,(H,36,39)(H2,30,31,32,33,35)/t20-/m1/s1. The largest absolute Gasteiger partial charge is 0.394 e. The van der Waals surface area contributed by atoms with E-state index in [1.54, 1.807) is 36.8 Å². The van der Waals surface area contributed by atoms with Crippen molar-refractivity contribution in [2.75, 3.05) is 17.2 Å². The van der Waals surface area contributed by atoms with Gasteiger partial charge < -0.3 is 25.6 Å². The first kappa shape index (κ1) is 25.1. The van der Waals surface area contributed by atoms with Crippen molar-refractivity contribution in [2.45, 2.75) is 25.4 Å². The van der Waals surface area contributed by atoms with Crippen LogP contribution in [0.2, 0.25) is 0 Å². The average Bonchev–Trinajstić information content (AvgIpc) is 3.55. The van der Waals surface area contributed by atoms with Crippen molar-refractivity contribution in [1.82, 2.24) is 35.4 Å². The van der Waals surface area contributed by atoms with E-state index in [4.69, 9.17) is 4.52 Å². The number of aliphatic hydroxyl groups is 1. The molecule has 0 spiro atoms. The highest BCUT2D eigenvalue weighted by Crippen LogP contribution is 2.32. The van der Waals surface area contributed by atoms with Crippen LogP contribution in [0.15, 0.2) is 77.7 Å². The molecule has 1 aliphatic rings. The van der Waals surface area contributed by atoms with E-state index in [1.165, 1.54) is 0 Å². The lowest BCUT2D eigenvalue weighted by atomic mass is 10.0. The fourth-order valence-electron chi connectivity index (χ4n) is 4.45. The monoisotopic (exact) mass is 535 g/mol. The summed E-state index contributed by atoms with van der Waals surface area (Å²) in [4.78, 5) is 34.7. The zero-order valence-corrected chi connectivity index (χ0v) is 21.7. The molecular weight excluding hydrogens is 510 g/mol. The summed E-state index contributed by atoms with van der Waals surface area (Å²) in [7, 11) is 0. The molecule has 12 heteroatoms. The lowest BCUT2D eigenvalue weighted by Crippen LogP contribution is -2.33. The maximum atomic E-state index is 12.3. The Morgan fingerprint density at radius 2 is 1.85 bits per heavy atom. The molecule has 1 amide bonds. The zero-order valence-electron chi connectivity index (χ0n) is 21.7. The number of carbonyl (C=O) groups excluding carboxylic acids is 1. The second-order valence-electron chi connectivity index (χ2n) is 9.71. The van der Waals surface area contributed by atoms with Crippen molar-refractivity contribution in [3.8, 4) is 22.8 Å². The third-order valence-corrected chi connectivity index (χ3v) is 6.46. The summed E-state index contributed by atoms with van der Waals surface area (Å²) in [5, 5.41) is 23.6. The SMILES string of the molecule is CC1(C)NC(=O)c2ccc(Nc3ncc(-c4nc(-c5cccnc5)no4)c(N[C@H](CO)c4ccccc4)n3)nc21. The minimum absolute atomic E-state index is 0.160. The van der Waals surface area contributed by atoms with E-state index in [0.29, 0.717) is 39.8 Å². The minimum atomic E-state index is -0.602. The van der Waals surface area contributed by atoms with Crippen molar-refractivity contribution in [2.24, 2.45) is 0 Å². The molecule has 0 unspecified atom stereocenters. The van der Waals surface area contributed by atoms with E-state index in [2.05, 4.69) is 46.0 Å². The number of pyridine rings is 2. The molecule has 0 bridgehead atoms. The summed E-state index contributed by atoms with van der Waals surface area (Å²) in [6.45, 7) is 3.59. The molecule has 5 aromatic rings. The molecule has 0 radical (unpaired) electrons. The summed E-state index contributed by atoms with van der Waals surface area (Å²) < 4.78 is 5.57. The van der Waals surface area contributed by atoms with Gasteiger partial charge in [0.25, 0.3) is 11.8 Å². The van der Waals surface area contributed by atoms with Crippen molar-refractivity contribution in [1.29, 1.82) is 0 Å². The van der Waals surface area contributed by atoms with Crippen LogP contribution >= 0.6 is 0 Å². The van der Waals surface area contributed by atoms with Gasteiger partial charge in [-0.3, -0.25) is 9.78 Å². The van der Waals surface area contributed by atoms with Crippen LogP contribution in [0.5, 0.6) is 0 Å². The predicted octanol–water partition coefficient (Wildman–Crippen LogP) is 3.85. The number of anilines is 3. The number of aliphatic hydroxyl groups excluding tert-OH is 1. The number of amides is 1. The molecule has 0 aliphatic carbocycles. The fraction of sp³-hybridized carbons (Fsp3) is 0.179. The number of rotatable bonds is 8. The molecule has 0 saturated heterocycles. The Kier molecular flexibility index (Phi) is 6.36. The molecule has 12 nitrogen and oxygen atoms in total. The molecule has 200 valence electrons. The number of fused-ring (bicyclic) bond motifs is 1. The molecule has 1 atom stereocenters. The summed E-state index contributed by atoms with van der Waals surface area (Å²) in [5.41, 5.74) is 2.57. The van der Waals surface area contributed by atoms with Crippen LogP contribution in [-0.4, -0.2) is 47.7 Å². The molecular formula is C28H25N9O3. The number of aromatic nitrogens is 6. The molecule has 5 heterocycles. The van der Waals surface area contributed by atoms with Crippen LogP contribution in [0.25, 0.3) is 22.8 Å². The Hall–Kier alpha value is -5.23. The van der Waals surface area contributed by atoms with Crippen molar-refractivity contribution < 1.29 is 14.4 Å². The average molecular weight is 536 g/mol. The number of nitrogens with one attached hydrogen (secondary N) is 3. The highest BCUT2D eigenvalue weighted by atomic mass is 16.5. The van der Waals surface area contributed by atoms with Gasteiger partial charge in [-0.1, -0.05) is 35.5 Å². The highest BCUT2D eigenvalue weighted by Gasteiger charge is 2.36. The normalized spacial score (nSPS) is 14.3. The van der Waals surface area contributed by atoms with E-state index in [0.717, 1.165) is 5.56 Å². The van der Waals surface area contributed by atoms with Crippen molar-refractivity contribution in [3.05, 3.63) is 90.0 Å². The number of benzene rings is 1. The van der Waals surface area contributed by atoms with Gasteiger partial charge in [0.2, 0.25) is 11.8 Å². The molecule has 0 fully saturated rings. The minimum Gasteiger partial charge on any atom is -0.394 e. The fourth-order valence-corrected chi connectivity index (χ4v) is 4.45. The first-order valence-electron chi connectivity index (χ1n) is 12.6. The zero-order chi connectivity index (χ0) is 27.7. The second kappa shape index (κ2) is 10.2. The number of hydrogen-bond donors (Lipinski definition) is 4. The van der Waals surface area contributed by atoms with E-state index in [-0.39, 0.29) is 24.4 Å². The molecule has 1 aliphatic heterocycles. The van der Waals surface area contributed by atoms with Gasteiger partial charge in [0.05, 0.1) is 29.4 Å². The molecule has 0 saturated carbocycles. The summed E-state index contributed by atoms with van der Waals surface area (Å²) >= 11 is 0. The Labute approximate surface area is 229 Å². The molecule has 1 aromatic carbocycles. The Morgan fingerprint density at radius 3 is 2.62 bits per heavy atom. The van der Waals surface area contributed by atoms with Crippen molar-refractivity contribution >= 4 is 23.5 Å². The second-order valence-corrected chi connectivity index (χ2v) is 9.71. The molecule has 6 rings (SSSR count). The smallest absolute Gasteiger partial charge is 0.263 e. The third kappa shape index (κ3) is 4.83. The van der Waals surface area contributed by atoms with Gasteiger partial charge in [0.1, 0.15) is 17.2 Å². The molecule has 4 aromatic heterocycles. The summed E-state index contributed by atoms with van der Waals surface area (Å²) in [5.74, 6) is 1.48. The summed E-state index contributed by atoms with van der Waals surface area (Å²) in [6.07, 6.45) is 4.86. The predicted molar refractivity (Wildman–Crippen MR) is 146 cm³/mol. The maximum Gasteiger partial charge on any atom is 0.263 e. The van der Waals surface area contributed by atoms with Gasteiger partial charge in [-0.15, -0.1) is 0 Å². The van der Waals surface area contributed by atoms with Gasteiger partial charge in [-0.25, -0.2) is 9.97 Å². The first-order valence-corrected chi connectivity index (χ1v) is 12.6. The number of hydrogen-bond acceptors (Lipinski definition) is 11. The number of nitrogens with zero attached hydrogens (tertiary/aromatic N) is 6. The van der Waals surface area contributed by atoms with Crippen LogP contribution in [0, 0.1) is 0 Å². The van der Waals surface area contributed by atoms with Crippen LogP contribution in [0.1, 0.15) is 41.5 Å². The van der Waals surface area contributed by atoms with E-state index in [9.17, 15) is 9.90 Å². The van der Waals surface area contributed by atoms with Gasteiger partial charge in [0, 0.05) is 24.2 Å². The van der Waals surface area contributed by atoms with Gasteiger partial charge in [0.15, 0.2) is 0 Å². The van der Waals surface area contributed by atoms with Gasteiger partial charge >= 0.3 is 0 Å². The van der Waals surface area contributed by atoms with Crippen molar-refractivity contribution in [3.63, 3.8) is 0 Å². The first-order chi connectivity index (χ1) is 19.4. The maximum absolute atomic E-state index is 12.3. The lowest BCUT2D eigenvalue weighted by Gasteiger charge is -2.20. The Bertz CT molecular complexity index is 1670. The Morgan fingerprint density at radius 1 is 1.00 bits per heavy atom. The summed E-state index contributed by atoms with van der Waals surface area (Å²) in [6, 6.07) is 16.1. The van der Waals surface area contributed by atoms with Crippen LogP contribution < -0.4 is 16.0 Å². The topological polar surface area (TPSA) is 164 Å². The number of carbonyl (C=O) groups is 1. The lowest BCUT2D eigenvalue weighted by molar-refractivity contribution is 0.0940. The molecule has 4 N–H and O–H groups in total. The molecule has 40 heavy (non-hydrogen) atoms. The van der Waals surface area contributed by atoms with Crippen LogP contribution in [-0.2, 0) is 5.54 Å². The van der Waals surface area contributed by atoms with Gasteiger partial charge in [-0.2, -0.15) is 9.97 Å². The van der Waals surface area contributed by atoms with E-state index >= 15 is 0 Å². The van der Waals surface area contributed by atoms with Gasteiger partial charge in [-0.05, 0) is 43.7 Å². The van der Waals surface area contributed by atoms with Crippen LogP contribution in [0.3, 0.4) is 0 Å². The quantitative estimate of drug-likeness (QED) is 0.228. The van der Waals surface area contributed by atoms with Crippen LogP contribution in [0.4, 0.5) is 17.6 Å². The van der Waals surface area contributed by atoms with E-state index in [1.807, 2.05) is 50.2 Å².